The zero-order valence-corrected chi connectivity index (χ0v) is 16.7. The van der Waals surface area contributed by atoms with Crippen LogP contribution in [0.15, 0.2) is 72.3 Å². The fourth-order valence-electron chi connectivity index (χ4n) is 2.33. The van der Waals surface area contributed by atoms with Crippen molar-refractivity contribution in [2.75, 3.05) is 20.3 Å². The van der Waals surface area contributed by atoms with Gasteiger partial charge in [0.1, 0.15) is 36.0 Å². The molecule has 5 heteroatoms. The fraction of sp³-hybridized carbons (Fsp3) is 0.136. The molecule has 0 aliphatic rings. The Morgan fingerprint density at radius 3 is 2.41 bits per heavy atom. The Labute approximate surface area is 167 Å². The summed E-state index contributed by atoms with van der Waals surface area (Å²) < 4.78 is 17.5. The van der Waals surface area contributed by atoms with Crippen molar-refractivity contribution in [3.05, 3.63) is 83.4 Å². The first-order valence-electron chi connectivity index (χ1n) is 8.27. The van der Waals surface area contributed by atoms with Gasteiger partial charge in [-0.3, -0.25) is 4.79 Å². The van der Waals surface area contributed by atoms with E-state index in [2.05, 4.69) is 29.1 Å². The standard InChI is InChI=1S/C22H21BrO4/c1-4-12-26-17-14-20(25-3)22(21(15-17)27-13-5-2)19(24)11-10-16-8-6-7-9-18(16)23/h4-11,14-15H,1-2,12-13H2,3H3/b11-10+. The van der Waals surface area contributed by atoms with Crippen LogP contribution in [-0.2, 0) is 0 Å². The van der Waals surface area contributed by atoms with Gasteiger partial charge < -0.3 is 14.2 Å². The molecule has 27 heavy (non-hydrogen) atoms. The van der Waals surface area contributed by atoms with Crippen molar-refractivity contribution in [1.29, 1.82) is 0 Å². The van der Waals surface area contributed by atoms with Crippen LogP contribution in [0.25, 0.3) is 6.08 Å². The van der Waals surface area contributed by atoms with Gasteiger partial charge in [0.2, 0.25) is 0 Å². The molecule has 0 bridgehead atoms. The van der Waals surface area contributed by atoms with Gasteiger partial charge in [0.15, 0.2) is 5.78 Å². The molecule has 0 atom stereocenters. The van der Waals surface area contributed by atoms with Crippen molar-refractivity contribution in [2.24, 2.45) is 0 Å². The summed E-state index contributed by atoms with van der Waals surface area (Å²) in [5.74, 6) is 1.03. The molecule has 0 unspecified atom stereocenters. The lowest BCUT2D eigenvalue weighted by molar-refractivity contribution is 0.104. The molecular weight excluding hydrogens is 408 g/mol. The van der Waals surface area contributed by atoms with E-state index in [1.807, 2.05) is 24.3 Å². The molecule has 0 radical (unpaired) electrons. The predicted octanol–water partition coefficient (Wildman–Crippen LogP) is 5.48. The first-order chi connectivity index (χ1) is 13.1. The predicted molar refractivity (Wildman–Crippen MR) is 112 cm³/mol. The average Bonchev–Trinajstić information content (AvgIpc) is 2.69. The highest BCUT2D eigenvalue weighted by Gasteiger charge is 2.19. The number of benzene rings is 2. The summed E-state index contributed by atoms with van der Waals surface area (Å²) in [6.45, 7) is 7.86. The maximum Gasteiger partial charge on any atom is 0.193 e. The topological polar surface area (TPSA) is 44.8 Å². The molecule has 0 aliphatic heterocycles. The SMILES string of the molecule is C=CCOc1cc(OC)c(C(=O)/C=C/c2ccccc2Br)c(OCC=C)c1. The minimum Gasteiger partial charge on any atom is -0.496 e. The number of hydrogen-bond donors (Lipinski definition) is 0. The number of ketones is 1. The molecule has 0 spiro atoms. The van der Waals surface area contributed by atoms with Crippen LogP contribution in [0.3, 0.4) is 0 Å². The van der Waals surface area contributed by atoms with Crippen LogP contribution in [0.4, 0.5) is 0 Å². The molecule has 2 aromatic carbocycles. The third kappa shape index (κ3) is 5.59. The number of carbonyl (C=O) groups is 1. The van der Waals surface area contributed by atoms with Crippen LogP contribution >= 0.6 is 15.9 Å². The first-order valence-corrected chi connectivity index (χ1v) is 9.06. The Morgan fingerprint density at radius 1 is 1.07 bits per heavy atom. The third-order valence-electron chi connectivity index (χ3n) is 3.55. The average molecular weight is 429 g/mol. The van der Waals surface area contributed by atoms with Gasteiger partial charge in [0.25, 0.3) is 0 Å². The van der Waals surface area contributed by atoms with Gasteiger partial charge >= 0.3 is 0 Å². The van der Waals surface area contributed by atoms with Gasteiger partial charge in [0.05, 0.1) is 7.11 Å². The van der Waals surface area contributed by atoms with Crippen molar-refractivity contribution in [3.63, 3.8) is 0 Å². The molecule has 4 nitrogen and oxygen atoms in total. The number of allylic oxidation sites excluding steroid dienone is 1. The lowest BCUT2D eigenvalue weighted by Gasteiger charge is -2.15. The summed E-state index contributed by atoms with van der Waals surface area (Å²) in [6.07, 6.45) is 6.47. The maximum atomic E-state index is 12.9. The number of carbonyl (C=O) groups excluding carboxylic acids is 1. The second-order valence-electron chi connectivity index (χ2n) is 5.42. The van der Waals surface area contributed by atoms with Crippen LogP contribution in [-0.4, -0.2) is 26.1 Å². The van der Waals surface area contributed by atoms with Gasteiger partial charge in [-0.05, 0) is 23.8 Å². The van der Waals surface area contributed by atoms with Crippen LogP contribution in [0.5, 0.6) is 17.2 Å². The zero-order valence-electron chi connectivity index (χ0n) is 15.1. The second-order valence-corrected chi connectivity index (χ2v) is 6.27. The van der Waals surface area contributed by atoms with Crippen LogP contribution in [0, 0.1) is 0 Å². The number of methoxy groups -OCH3 is 1. The maximum absolute atomic E-state index is 12.9. The van der Waals surface area contributed by atoms with Gasteiger partial charge in [0, 0.05) is 16.6 Å². The largest absolute Gasteiger partial charge is 0.496 e. The number of hydrogen-bond acceptors (Lipinski definition) is 4. The minimum absolute atomic E-state index is 0.239. The summed E-state index contributed by atoms with van der Waals surface area (Å²) >= 11 is 3.47. The highest BCUT2D eigenvalue weighted by atomic mass is 79.9. The minimum atomic E-state index is -0.239. The van der Waals surface area contributed by atoms with Crippen molar-refractivity contribution < 1.29 is 19.0 Å². The monoisotopic (exact) mass is 428 g/mol. The molecule has 2 rings (SSSR count). The van der Waals surface area contributed by atoms with E-state index in [9.17, 15) is 4.79 Å². The zero-order chi connectivity index (χ0) is 19.6. The van der Waals surface area contributed by atoms with Crippen molar-refractivity contribution in [3.8, 4) is 17.2 Å². The van der Waals surface area contributed by atoms with E-state index in [-0.39, 0.29) is 12.4 Å². The molecule has 0 aromatic heterocycles. The second kappa shape index (κ2) is 10.4. The van der Waals surface area contributed by atoms with Crippen LogP contribution in [0.2, 0.25) is 0 Å². The number of rotatable bonds is 10. The van der Waals surface area contributed by atoms with Crippen LogP contribution in [0.1, 0.15) is 15.9 Å². The first kappa shape index (κ1) is 20.5. The Morgan fingerprint density at radius 2 is 1.74 bits per heavy atom. The molecule has 0 N–H and O–H groups in total. The molecule has 140 valence electrons. The number of halogens is 1. The van der Waals surface area contributed by atoms with E-state index in [1.165, 1.54) is 13.2 Å². The quantitative estimate of drug-likeness (QED) is 0.285. The normalized spacial score (nSPS) is 10.4. The van der Waals surface area contributed by atoms with Crippen molar-refractivity contribution in [1.82, 2.24) is 0 Å². The van der Waals surface area contributed by atoms with E-state index >= 15 is 0 Å². The Balaban J connectivity index is 2.42. The summed E-state index contributed by atoms with van der Waals surface area (Å²) in [7, 11) is 1.50. The molecule has 2 aromatic rings. The van der Waals surface area contributed by atoms with Gasteiger partial charge in [-0.2, -0.15) is 0 Å². The highest BCUT2D eigenvalue weighted by molar-refractivity contribution is 9.10. The Kier molecular flexibility index (Phi) is 7.89. The lowest BCUT2D eigenvalue weighted by Crippen LogP contribution is -2.06. The third-order valence-corrected chi connectivity index (χ3v) is 4.27. The molecule has 0 heterocycles. The van der Waals surface area contributed by atoms with E-state index in [0.29, 0.717) is 29.4 Å². The van der Waals surface area contributed by atoms with Gasteiger partial charge in [-0.25, -0.2) is 0 Å². The van der Waals surface area contributed by atoms with E-state index in [4.69, 9.17) is 14.2 Å². The molecule has 0 saturated heterocycles. The Hall–Kier alpha value is -2.79. The van der Waals surface area contributed by atoms with Crippen molar-refractivity contribution >= 4 is 27.8 Å². The summed E-state index contributed by atoms with van der Waals surface area (Å²) in [5, 5.41) is 0. The van der Waals surface area contributed by atoms with E-state index < -0.39 is 0 Å². The number of ether oxygens (including phenoxy) is 3. The van der Waals surface area contributed by atoms with E-state index in [1.54, 1.807) is 30.4 Å². The molecule has 0 saturated carbocycles. The lowest BCUT2D eigenvalue weighted by atomic mass is 10.1. The fourth-order valence-corrected chi connectivity index (χ4v) is 2.75. The Bertz CT molecular complexity index is 855. The molecule has 0 amide bonds. The van der Waals surface area contributed by atoms with Gasteiger partial charge in [-0.1, -0.05) is 59.4 Å². The molecule has 0 fully saturated rings. The van der Waals surface area contributed by atoms with E-state index in [0.717, 1.165) is 10.0 Å². The van der Waals surface area contributed by atoms with Crippen molar-refractivity contribution in [2.45, 2.75) is 0 Å². The smallest absolute Gasteiger partial charge is 0.193 e. The van der Waals surface area contributed by atoms with Gasteiger partial charge in [-0.15, -0.1) is 0 Å². The van der Waals surface area contributed by atoms with Crippen LogP contribution < -0.4 is 14.2 Å². The summed E-state index contributed by atoms with van der Waals surface area (Å²) in [6, 6.07) is 11.0. The highest BCUT2D eigenvalue weighted by Crippen LogP contribution is 2.35. The molecule has 0 aliphatic carbocycles. The summed E-state index contributed by atoms with van der Waals surface area (Å²) in [4.78, 5) is 12.9. The summed E-state index contributed by atoms with van der Waals surface area (Å²) in [5.41, 5.74) is 1.22. The molecular formula is C22H21BrO4.